The van der Waals surface area contributed by atoms with Crippen LogP contribution in [0, 0.1) is 27.7 Å². The Morgan fingerprint density at radius 3 is 2.14 bits per heavy atom. The number of benzene rings is 2. The maximum atomic E-state index is 5.26. The van der Waals surface area contributed by atoms with Gasteiger partial charge in [0, 0.05) is 11.7 Å². The van der Waals surface area contributed by atoms with Gasteiger partial charge in [0.25, 0.3) is 0 Å². The zero-order chi connectivity index (χ0) is 15.6. The van der Waals surface area contributed by atoms with Crippen molar-refractivity contribution in [1.29, 1.82) is 0 Å². The minimum Gasteiger partial charge on any atom is -0.497 e. The summed E-state index contributed by atoms with van der Waals surface area (Å²) in [6.45, 7) is 10.8. The van der Waals surface area contributed by atoms with Crippen molar-refractivity contribution < 1.29 is 4.74 Å². The van der Waals surface area contributed by atoms with Crippen LogP contribution < -0.4 is 10.1 Å². The summed E-state index contributed by atoms with van der Waals surface area (Å²) in [6.07, 6.45) is 0. The minimum atomic E-state index is 0.274. The number of rotatable bonds is 4. The number of methoxy groups -OCH3 is 1. The summed E-state index contributed by atoms with van der Waals surface area (Å²) < 4.78 is 5.26. The Hall–Kier alpha value is -1.96. The highest BCUT2D eigenvalue weighted by molar-refractivity contribution is 5.55. The lowest BCUT2D eigenvalue weighted by Gasteiger charge is -2.21. The highest BCUT2D eigenvalue weighted by atomic mass is 16.5. The Bertz CT molecular complexity index is 646. The molecule has 2 heteroatoms. The zero-order valence-corrected chi connectivity index (χ0v) is 13.9. The molecule has 0 heterocycles. The average Bonchev–Trinajstić information content (AvgIpc) is 2.44. The van der Waals surface area contributed by atoms with Crippen LogP contribution in [0.3, 0.4) is 0 Å². The predicted molar refractivity (Wildman–Crippen MR) is 90.4 cm³/mol. The Morgan fingerprint density at radius 1 is 0.857 bits per heavy atom. The summed E-state index contributed by atoms with van der Waals surface area (Å²) in [4.78, 5) is 0. The predicted octanol–water partition coefficient (Wildman–Crippen LogP) is 5.10. The Balaban J connectivity index is 2.26. The monoisotopic (exact) mass is 283 g/mol. The van der Waals surface area contributed by atoms with Crippen molar-refractivity contribution >= 4 is 5.69 Å². The van der Waals surface area contributed by atoms with Gasteiger partial charge in [0.2, 0.25) is 0 Å². The van der Waals surface area contributed by atoms with Gasteiger partial charge in [0.05, 0.1) is 7.11 Å². The summed E-state index contributed by atoms with van der Waals surface area (Å²) in [5, 5.41) is 3.61. The third-order valence-corrected chi connectivity index (χ3v) is 4.15. The van der Waals surface area contributed by atoms with Crippen LogP contribution in [0.15, 0.2) is 30.3 Å². The van der Waals surface area contributed by atoms with Crippen molar-refractivity contribution in [2.45, 2.75) is 40.7 Å². The van der Waals surface area contributed by atoms with E-state index < -0.39 is 0 Å². The van der Waals surface area contributed by atoms with Crippen LogP contribution in [0.5, 0.6) is 5.75 Å². The number of nitrogens with one attached hydrogen (secondary N) is 1. The molecule has 0 saturated heterocycles. The quantitative estimate of drug-likeness (QED) is 0.842. The first-order chi connectivity index (χ1) is 9.92. The van der Waals surface area contributed by atoms with Crippen LogP contribution >= 0.6 is 0 Å². The molecule has 0 aliphatic rings. The highest BCUT2D eigenvalue weighted by Gasteiger charge is 2.11. The first-order valence-corrected chi connectivity index (χ1v) is 7.41. The molecule has 0 spiro atoms. The second-order valence-electron chi connectivity index (χ2n) is 5.84. The van der Waals surface area contributed by atoms with Crippen molar-refractivity contribution in [3.63, 3.8) is 0 Å². The molecule has 0 saturated carbocycles. The lowest BCUT2D eigenvalue weighted by Crippen LogP contribution is -2.10. The van der Waals surface area contributed by atoms with E-state index in [1.165, 1.54) is 27.8 Å². The minimum absolute atomic E-state index is 0.274. The summed E-state index contributed by atoms with van der Waals surface area (Å²) in [7, 11) is 1.70. The molecule has 0 fully saturated rings. The van der Waals surface area contributed by atoms with Gasteiger partial charge in [-0.15, -0.1) is 0 Å². The molecule has 0 aliphatic carbocycles. The van der Waals surface area contributed by atoms with Crippen LogP contribution in [-0.2, 0) is 0 Å². The molecule has 0 amide bonds. The van der Waals surface area contributed by atoms with E-state index in [0.717, 1.165) is 11.4 Å². The number of anilines is 1. The van der Waals surface area contributed by atoms with Gasteiger partial charge in [-0.1, -0.05) is 12.1 Å². The van der Waals surface area contributed by atoms with Crippen molar-refractivity contribution in [2.24, 2.45) is 0 Å². The molecule has 2 rings (SSSR count). The average molecular weight is 283 g/mol. The van der Waals surface area contributed by atoms with Crippen LogP contribution in [0.1, 0.15) is 40.8 Å². The molecular weight excluding hydrogens is 258 g/mol. The van der Waals surface area contributed by atoms with Crippen LogP contribution in [0.4, 0.5) is 5.69 Å². The Labute approximate surface area is 128 Å². The summed E-state index contributed by atoms with van der Waals surface area (Å²) >= 11 is 0. The van der Waals surface area contributed by atoms with Crippen molar-refractivity contribution in [3.8, 4) is 5.75 Å². The van der Waals surface area contributed by atoms with Gasteiger partial charge in [-0.3, -0.25) is 0 Å². The molecule has 2 nitrogen and oxygen atoms in total. The van der Waals surface area contributed by atoms with E-state index >= 15 is 0 Å². The fourth-order valence-corrected chi connectivity index (χ4v) is 2.69. The number of hydrogen-bond donors (Lipinski definition) is 1. The fourth-order valence-electron chi connectivity index (χ4n) is 2.69. The molecule has 1 N–H and O–H groups in total. The highest BCUT2D eigenvalue weighted by Crippen LogP contribution is 2.28. The number of hydrogen-bond acceptors (Lipinski definition) is 2. The van der Waals surface area contributed by atoms with Crippen molar-refractivity contribution in [2.75, 3.05) is 12.4 Å². The molecule has 0 aliphatic heterocycles. The molecule has 0 radical (unpaired) electrons. The molecule has 1 unspecified atom stereocenters. The van der Waals surface area contributed by atoms with Crippen molar-refractivity contribution in [3.05, 3.63) is 58.1 Å². The van der Waals surface area contributed by atoms with Gasteiger partial charge in [-0.25, -0.2) is 0 Å². The SMILES string of the molecule is COc1ccc(NC(C)c2cc(C)c(C)cc2C)c(C)c1. The standard InChI is InChI=1S/C19H25NO/c1-12-9-14(3)18(11-13(12)2)16(5)20-19-8-7-17(21-6)10-15(19)4/h7-11,16,20H,1-6H3. The van der Waals surface area contributed by atoms with E-state index in [2.05, 4.69) is 64.2 Å². The Kier molecular flexibility index (Phi) is 4.56. The molecule has 21 heavy (non-hydrogen) atoms. The molecule has 2 aromatic rings. The molecule has 0 bridgehead atoms. The van der Waals surface area contributed by atoms with E-state index in [9.17, 15) is 0 Å². The topological polar surface area (TPSA) is 21.3 Å². The number of aryl methyl sites for hydroxylation is 4. The summed E-state index contributed by atoms with van der Waals surface area (Å²) in [5.41, 5.74) is 7.74. The third kappa shape index (κ3) is 3.38. The first kappa shape index (κ1) is 15.4. The van der Waals surface area contributed by atoms with Crippen LogP contribution in [0.25, 0.3) is 0 Å². The summed E-state index contributed by atoms with van der Waals surface area (Å²) in [6, 6.07) is 11.0. The third-order valence-electron chi connectivity index (χ3n) is 4.15. The van der Waals surface area contributed by atoms with Gasteiger partial charge in [-0.2, -0.15) is 0 Å². The largest absolute Gasteiger partial charge is 0.497 e. The van der Waals surface area contributed by atoms with Gasteiger partial charge < -0.3 is 10.1 Å². The normalized spacial score (nSPS) is 12.1. The molecule has 112 valence electrons. The fraction of sp³-hybridized carbons (Fsp3) is 0.368. The summed E-state index contributed by atoms with van der Waals surface area (Å²) in [5.74, 6) is 0.896. The van der Waals surface area contributed by atoms with E-state index in [1.54, 1.807) is 7.11 Å². The van der Waals surface area contributed by atoms with Crippen LogP contribution in [0.2, 0.25) is 0 Å². The van der Waals surface area contributed by atoms with E-state index in [0.29, 0.717) is 0 Å². The smallest absolute Gasteiger partial charge is 0.119 e. The van der Waals surface area contributed by atoms with E-state index in [4.69, 9.17) is 4.74 Å². The van der Waals surface area contributed by atoms with Gasteiger partial charge in [0.15, 0.2) is 0 Å². The number of ether oxygens (including phenoxy) is 1. The maximum absolute atomic E-state index is 5.26. The lowest BCUT2D eigenvalue weighted by molar-refractivity contribution is 0.414. The lowest BCUT2D eigenvalue weighted by atomic mass is 9.96. The van der Waals surface area contributed by atoms with Gasteiger partial charge in [0.1, 0.15) is 5.75 Å². The van der Waals surface area contributed by atoms with E-state index in [1.807, 2.05) is 6.07 Å². The second kappa shape index (κ2) is 6.21. The van der Waals surface area contributed by atoms with Gasteiger partial charge in [-0.05, 0) is 80.6 Å². The molecule has 0 aromatic heterocycles. The molecule has 1 atom stereocenters. The second-order valence-corrected chi connectivity index (χ2v) is 5.84. The Morgan fingerprint density at radius 2 is 1.52 bits per heavy atom. The maximum Gasteiger partial charge on any atom is 0.119 e. The first-order valence-electron chi connectivity index (χ1n) is 7.41. The van der Waals surface area contributed by atoms with Crippen LogP contribution in [-0.4, -0.2) is 7.11 Å². The molecular formula is C19H25NO. The zero-order valence-electron chi connectivity index (χ0n) is 13.9. The van der Waals surface area contributed by atoms with E-state index in [-0.39, 0.29) is 6.04 Å². The van der Waals surface area contributed by atoms with Gasteiger partial charge >= 0.3 is 0 Å². The van der Waals surface area contributed by atoms with Crippen molar-refractivity contribution in [1.82, 2.24) is 0 Å². The molecule has 2 aromatic carbocycles.